The Bertz CT molecular complexity index is 1120. The van der Waals surface area contributed by atoms with Crippen molar-refractivity contribution in [3.8, 4) is 11.5 Å². The summed E-state index contributed by atoms with van der Waals surface area (Å²) in [6.45, 7) is 0.0410. The standard InChI is InChI=1S/C24H21F3N2O4/c1-29(17-11-7-4-8-12-17)23(31)28-22(30)18-13-21(33-15-16-9-5-3-6-10-16)20(32-2)14-19(18)24(25,26)27/h3-14H,15H2,1-2H3,(H,28,30,31). The van der Waals surface area contributed by atoms with Crippen LogP contribution in [-0.2, 0) is 12.8 Å². The summed E-state index contributed by atoms with van der Waals surface area (Å²) in [4.78, 5) is 26.3. The molecule has 3 rings (SSSR count). The summed E-state index contributed by atoms with van der Waals surface area (Å²) in [6.07, 6.45) is -4.87. The number of rotatable bonds is 6. The highest BCUT2D eigenvalue weighted by Gasteiger charge is 2.37. The van der Waals surface area contributed by atoms with Gasteiger partial charge in [0.15, 0.2) is 11.5 Å². The lowest BCUT2D eigenvalue weighted by molar-refractivity contribution is -0.138. The smallest absolute Gasteiger partial charge is 0.417 e. The number of hydrogen-bond acceptors (Lipinski definition) is 4. The van der Waals surface area contributed by atoms with E-state index >= 15 is 0 Å². The second-order valence-electron chi connectivity index (χ2n) is 6.97. The monoisotopic (exact) mass is 458 g/mol. The largest absolute Gasteiger partial charge is 0.493 e. The van der Waals surface area contributed by atoms with E-state index in [1.807, 2.05) is 11.4 Å². The molecule has 9 heteroatoms. The Kier molecular flexibility index (Phi) is 7.22. The molecule has 0 saturated heterocycles. The molecule has 0 radical (unpaired) electrons. The Hall–Kier alpha value is -4.01. The van der Waals surface area contributed by atoms with Gasteiger partial charge in [-0.1, -0.05) is 48.5 Å². The Morgan fingerprint density at radius 2 is 1.55 bits per heavy atom. The van der Waals surface area contributed by atoms with E-state index in [1.54, 1.807) is 54.6 Å². The molecule has 33 heavy (non-hydrogen) atoms. The summed E-state index contributed by atoms with van der Waals surface area (Å²) in [7, 11) is 2.59. The van der Waals surface area contributed by atoms with Gasteiger partial charge in [0.25, 0.3) is 5.91 Å². The highest BCUT2D eigenvalue weighted by molar-refractivity contribution is 6.09. The van der Waals surface area contributed by atoms with Gasteiger partial charge >= 0.3 is 12.2 Å². The van der Waals surface area contributed by atoms with Gasteiger partial charge < -0.3 is 9.47 Å². The van der Waals surface area contributed by atoms with E-state index in [-0.39, 0.29) is 18.1 Å². The third kappa shape index (κ3) is 5.82. The molecule has 0 aromatic heterocycles. The molecule has 3 amide bonds. The van der Waals surface area contributed by atoms with Crippen LogP contribution in [0.5, 0.6) is 11.5 Å². The first-order chi connectivity index (χ1) is 15.7. The van der Waals surface area contributed by atoms with Gasteiger partial charge in [0.2, 0.25) is 0 Å². The Balaban J connectivity index is 1.90. The Morgan fingerprint density at radius 3 is 2.12 bits per heavy atom. The van der Waals surface area contributed by atoms with Crippen molar-refractivity contribution in [1.29, 1.82) is 0 Å². The van der Waals surface area contributed by atoms with Crippen LogP contribution in [0.15, 0.2) is 72.8 Å². The second-order valence-corrected chi connectivity index (χ2v) is 6.97. The van der Waals surface area contributed by atoms with Crippen LogP contribution in [0.25, 0.3) is 0 Å². The van der Waals surface area contributed by atoms with Crippen molar-refractivity contribution in [3.05, 3.63) is 89.5 Å². The second kappa shape index (κ2) is 10.1. The molecular formula is C24H21F3N2O4. The van der Waals surface area contributed by atoms with Gasteiger partial charge in [-0.25, -0.2) is 4.79 Å². The number of carbonyl (C=O) groups is 2. The topological polar surface area (TPSA) is 67.9 Å². The summed E-state index contributed by atoms with van der Waals surface area (Å²) < 4.78 is 51.8. The van der Waals surface area contributed by atoms with Gasteiger partial charge in [-0.2, -0.15) is 13.2 Å². The van der Waals surface area contributed by atoms with Crippen molar-refractivity contribution < 1.29 is 32.2 Å². The van der Waals surface area contributed by atoms with Crippen molar-refractivity contribution >= 4 is 17.6 Å². The summed E-state index contributed by atoms with van der Waals surface area (Å²) in [5, 5.41) is 2.00. The number of hydrogen-bond donors (Lipinski definition) is 1. The molecule has 0 bridgehead atoms. The van der Waals surface area contributed by atoms with Gasteiger partial charge in [0.05, 0.1) is 18.2 Å². The van der Waals surface area contributed by atoms with Crippen LogP contribution in [0.4, 0.5) is 23.7 Å². The molecule has 0 fully saturated rings. The van der Waals surface area contributed by atoms with E-state index < -0.39 is 29.2 Å². The zero-order valence-electron chi connectivity index (χ0n) is 17.8. The fourth-order valence-corrected chi connectivity index (χ4v) is 3.01. The number of urea groups is 1. The van der Waals surface area contributed by atoms with Gasteiger partial charge in [-0.3, -0.25) is 15.0 Å². The van der Waals surface area contributed by atoms with E-state index in [0.717, 1.165) is 16.5 Å². The van der Waals surface area contributed by atoms with E-state index in [0.29, 0.717) is 11.8 Å². The van der Waals surface area contributed by atoms with Crippen molar-refractivity contribution in [2.75, 3.05) is 19.1 Å². The summed E-state index contributed by atoms with van der Waals surface area (Å²) in [6, 6.07) is 18.0. The van der Waals surface area contributed by atoms with Crippen molar-refractivity contribution in [3.63, 3.8) is 0 Å². The molecule has 172 valence electrons. The number of methoxy groups -OCH3 is 1. The number of nitrogens with zero attached hydrogens (tertiary/aromatic N) is 1. The van der Waals surface area contributed by atoms with E-state index in [9.17, 15) is 22.8 Å². The number of para-hydroxylation sites is 1. The van der Waals surface area contributed by atoms with Crippen LogP contribution < -0.4 is 19.7 Å². The molecule has 0 aliphatic heterocycles. The molecule has 0 heterocycles. The fourth-order valence-electron chi connectivity index (χ4n) is 3.01. The number of alkyl halides is 3. The molecular weight excluding hydrogens is 437 g/mol. The maximum Gasteiger partial charge on any atom is 0.417 e. The highest BCUT2D eigenvalue weighted by Crippen LogP contribution is 2.39. The number of ether oxygens (including phenoxy) is 2. The van der Waals surface area contributed by atoms with Crippen LogP contribution in [0.3, 0.4) is 0 Å². The minimum atomic E-state index is -4.87. The lowest BCUT2D eigenvalue weighted by Crippen LogP contribution is -2.41. The summed E-state index contributed by atoms with van der Waals surface area (Å²) in [5.74, 6) is -1.48. The summed E-state index contributed by atoms with van der Waals surface area (Å²) >= 11 is 0. The average Bonchev–Trinajstić information content (AvgIpc) is 2.82. The number of carbonyl (C=O) groups excluding carboxylic acids is 2. The molecule has 0 aliphatic carbocycles. The zero-order valence-corrected chi connectivity index (χ0v) is 17.8. The maximum atomic E-state index is 13.7. The third-order valence-electron chi connectivity index (χ3n) is 4.76. The van der Waals surface area contributed by atoms with E-state index in [2.05, 4.69) is 0 Å². The van der Waals surface area contributed by atoms with Gasteiger partial charge in [-0.15, -0.1) is 0 Å². The molecule has 0 atom stereocenters. The van der Waals surface area contributed by atoms with Crippen LogP contribution in [-0.4, -0.2) is 26.1 Å². The van der Waals surface area contributed by atoms with E-state index in [1.165, 1.54) is 14.2 Å². The molecule has 3 aromatic rings. The number of benzene rings is 3. The van der Waals surface area contributed by atoms with Crippen LogP contribution in [0.1, 0.15) is 21.5 Å². The van der Waals surface area contributed by atoms with Gasteiger partial charge in [0, 0.05) is 12.7 Å². The van der Waals surface area contributed by atoms with Gasteiger partial charge in [0.1, 0.15) is 6.61 Å². The van der Waals surface area contributed by atoms with Crippen molar-refractivity contribution in [2.45, 2.75) is 12.8 Å². The quantitative estimate of drug-likeness (QED) is 0.546. The number of amides is 3. The molecule has 6 nitrogen and oxygen atoms in total. The molecule has 0 saturated carbocycles. The predicted octanol–water partition coefficient (Wildman–Crippen LogP) is 5.28. The lowest BCUT2D eigenvalue weighted by atomic mass is 10.0. The number of anilines is 1. The fraction of sp³-hybridized carbons (Fsp3) is 0.167. The minimum Gasteiger partial charge on any atom is -0.493 e. The number of imide groups is 1. The lowest BCUT2D eigenvalue weighted by Gasteiger charge is -2.20. The first kappa shape index (κ1) is 23.6. The first-order valence-corrected chi connectivity index (χ1v) is 9.80. The SMILES string of the molecule is COc1cc(C(F)(F)F)c(C(=O)NC(=O)N(C)c2ccccc2)cc1OCc1ccccc1. The number of nitrogens with one attached hydrogen (secondary N) is 1. The molecule has 0 aliphatic rings. The average molecular weight is 458 g/mol. The van der Waals surface area contributed by atoms with Crippen LogP contribution in [0.2, 0.25) is 0 Å². The molecule has 1 N–H and O–H groups in total. The minimum absolute atomic E-state index is 0.0410. The normalized spacial score (nSPS) is 10.9. The maximum absolute atomic E-state index is 13.7. The molecule has 0 spiro atoms. The highest BCUT2D eigenvalue weighted by atomic mass is 19.4. The Labute approximate surface area is 188 Å². The van der Waals surface area contributed by atoms with E-state index in [4.69, 9.17) is 9.47 Å². The molecule has 0 unspecified atom stereocenters. The number of halogens is 3. The zero-order chi connectivity index (χ0) is 24.0. The molecule has 3 aromatic carbocycles. The third-order valence-corrected chi connectivity index (χ3v) is 4.76. The van der Waals surface area contributed by atoms with Crippen molar-refractivity contribution in [2.24, 2.45) is 0 Å². The first-order valence-electron chi connectivity index (χ1n) is 9.80. The van der Waals surface area contributed by atoms with Crippen LogP contribution >= 0.6 is 0 Å². The van der Waals surface area contributed by atoms with Crippen molar-refractivity contribution in [1.82, 2.24) is 5.32 Å². The van der Waals surface area contributed by atoms with Gasteiger partial charge in [-0.05, 0) is 29.8 Å². The van der Waals surface area contributed by atoms with Crippen LogP contribution in [0, 0.1) is 0 Å². The Morgan fingerprint density at radius 1 is 0.939 bits per heavy atom. The summed E-state index contributed by atoms with van der Waals surface area (Å²) in [5.41, 5.74) is -0.786. The predicted molar refractivity (Wildman–Crippen MR) is 116 cm³/mol.